The average molecular weight is 211 g/mol. The Morgan fingerprint density at radius 3 is 2.47 bits per heavy atom. The van der Waals surface area contributed by atoms with Crippen molar-refractivity contribution in [1.29, 1.82) is 0 Å². The number of hydrogen-bond acceptors (Lipinski definition) is 4. The molecule has 0 atom stereocenters. The summed E-state index contributed by atoms with van der Waals surface area (Å²) in [6.07, 6.45) is -1.18. The highest BCUT2D eigenvalue weighted by atomic mass is 16.6. The standard InChI is InChI=1S/C8H9N3O4/c12-8(13)10-9-5-6-1-3-7(4-2-6)11(14)15/h1-4,9-10H,5H2,(H,12,13). The number of carbonyl (C=O) groups is 1. The summed E-state index contributed by atoms with van der Waals surface area (Å²) in [6, 6.07) is 5.82. The number of nitro benzene ring substituents is 1. The highest BCUT2D eigenvalue weighted by Gasteiger charge is 2.03. The predicted octanol–water partition coefficient (Wildman–Crippen LogP) is 0.867. The van der Waals surface area contributed by atoms with Gasteiger partial charge in [-0.05, 0) is 5.56 Å². The predicted molar refractivity (Wildman–Crippen MR) is 51.1 cm³/mol. The van der Waals surface area contributed by atoms with Crippen molar-refractivity contribution in [3.8, 4) is 0 Å². The molecule has 3 N–H and O–H groups in total. The van der Waals surface area contributed by atoms with Crippen molar-refractivity contribution in [1.82, 2.24) is 10.9 Å². The number of hydrogen-bond donors (Lipinski definition) is 3. The maximum absolute atomic E-state index is 10.3. The molecule has 0 saturated carbocycles. The third kappa shape index (κ3) is 3.61. The molecule has 0 fully saturated rings. The van der Waals surface area contributed by atoms with Gasteiger partial charge in [0, 0.05) is 18.7 Å². The molecule has 15 heavy (non-hydrogen) atoms. The Kier molecular flexibility index (Phi) is 3.58. The Balaban J connectivity index is 2.50. The first-order chi connectivity index (χ1) is 7.09. The van der Waals surface area contributed by atoms with E-state index < -0.39 is 11.0 Å². The minimum atomic E-state index is -1.18. The van der Waals surface area contributed by atoms with Crippen molar-refractivity contribution in [3.05, 3.63) is 39.9 Å². The summed E-state index contributed by atoms with van der Waals surface area (Å²) in [5.41, 5.74) is 5.14. The van der Waals surface area contributed by atoms with Gasteiger partial charge in [0.2, 0.25) is 0 Å². The molecule has 0 heterocycles. The Morgan fingerprint density at radius 2 is 2.00 bits per heavy atom. The van der Waals surface area contributed by atoms with Crippen LogP contribution < -0.4 is 10.9 Å². The Hall–Kier alpha value is -2.15. The largest absolute Gasteiger partial charge is 0.464 e. The lowest BCUT2D eigenvalue weighted by Gasteiger charge is -2.03. The zero-order valence-electron chi connectivity index (χ0n) is 7.64. The minimum absolute atomic E-state index is 0.00458. The second-order valence-corrected chi connectivity index (χ2v) is 2.71. The lowest BCUT2D eigenvalue weighted by molar-refractivity contribution is -0.384. The van der Waals surface area contributed by atoms with Gasteiger partial charge < -0.3 is 5.11 Å². The summed E-state index contributed by atoms with van der Waals surface area (Å²) < 4.78 is 0. The molecular weight excluding hydrogens is 202 g/mol. The molecule has 0 spiro atoms. The fraction of sp³-hybridized carbons (Fsp3) is 0.125. The van der Waals surface area contributed by atoms with Crippen molar-refractivity contribution < 1.29 is 14.8 Å². The molecule has 1 aromatic carbocycles. The van der Waals surface area contributed by atoms with E-state index >= 15 is 0 Å². The van der Waals surface area contributed by atoms with Gasteiger partial charge in [-0.15, -0.1) is 0 Å². The van der Waals surface area contributed by atoms with Crippen molar-refractivity contribution >= 4 is 11.8 Å². The van der Waals surface area contributed by atoms with Crippen molar-refractivity contribution in [2.45, 2.75) is 6.54 Å². The average Bonchev–Trinajstić information content (AvgIpc) is 2.18. The minimum Gasteiger partial charge on any atom is -0.464 e. The molecule has 7 heteroatoms. The summed E-state index contributed by atoms with van der Waals surface area (Å²) in [7, 11) is 0. The summed E-state index contributed by atoms with van der Waals surface area (Å²) in [5.74, 6) is 0. The molecule has 0 aliphatic rings. The van der Waals surface area contributed by atoms with Crippen LogP contribution in [0.1, 0.15) is 5.56 Å². The van der Waals surface area contributed by atoms with Gasteiger partial charge in [0.1, 0.15) is 0 Å². The van der Waals surface area contributed by atoms with Crippen molar-refractivity contribution in [2.75, 3.05) is 0 Å². The van der Waals surface area contributed by atoms with Gasteiger partial charge in [-0.1, -0.05) is 12.1 Å². The monoisotopic (exact) mass is 211 g/mol. The van der Waals surface area contributed by atoms with E-state index in [-0.39, 0.29) is 12.2 Å². The number of nitrogens with zero attached hydrogens (tertiary/aromatic N) is 1. The van der Waals surface area contributed by atoms with Crippen LogP contribution in [0.4, 0.5) is 10.5 Å². The van der Waals surface area contributed by atoms with Gasteiger partial charge in [0.05, 0.1) is 4.92 Å². The summed E-state index contributed by atoms with van der Waals surface area (Å²) in [6.45, 7) is 0.268. The zero-order chi connectivity index (χ0) is 11.3. The molecule has 7 nitrogen and oxygen atoms in total. The Morgan fingerprint density at radius 1 is 1.40 bits per heavy atom. The molecule has 80 valence electrons. The van der Waals surface area contributed by atoms with Crippen LogP contribution >= 0.6 is 0 Å². The van der Waals surface area contributed by atoms with E-state index in [1.807, 2.05) is 5.43 Å². The Bertz CT molecular complexity index is 363. The molecule has 1 amide bonds. The van der Waals surface area contributed by atoms with E-state index in [1.165, 1.54) is 12.1 Å². The molecule has 1 rings (SSSR count). The maximum atomic E-state index is 10.3. The van der Waals surface area contributed by atoms with Gasteiger partial charge in [-0.2, -0.15) is 0 Å². The third-order valence-electron chi connectivity index (χ3n) is 1.63. The van der Waals surface area contributed by atoms with Crippen LogP contribution in [0, 0.1) is 10.1 Å². The van der Waals surface area contributed by atoms with Crippen LogP contribution in [0.25, 0.3) is 0 Å². The molecule has 0 aromatic heterocycles. The van der Waals surface area contributed by atoms with E-state index in [1.54, 1.807) is 12.1 Å². The van der Waals surface area contributed by atoms with Crippen molar-refractivity contribution in [3.63, 3.8) is 0 Å². The molecule has 0 aliphatic heterocycles. The molecule has 0 radical (unpaired) electrons. The van der Waals surface area contributed by atoms with Gasteiger partial charge >= 0.3 is 6.09 Å². The molecule has 1 aromatic rings. The summed E-state index contributed by atoms with van der Waals surface area (Å²) in [5, 5.41) is 18.6. The lowest BCUT2D eigenvalue weighted by atomic mass is 10.2. The van der Waals surface area contributed by atoms with Crippen LogP contribution in [-0.2, 0) is 6.54 Å². The van der Waals surface area contributed by atoms with Gasteiger partial charge in [0.25, 0.3) is 5.69 Å². The first-order valence-electron chi connectivity index (χ1n) is 4.04. The number of nitro groups is 1. The smallest absolute Gasteiger partial charge is 0.419 e. The van der Waals surface area contributed by atoms with Gasteiger partial charge in [0.15, 0.2) is 0 Å². The lowest BCUT2D eigenvalue weighted by Crippen LogP contribution is -2.35. The van der Waals surface area contributed by atoms with Gasteiger partial charge in [-0.25, -0.2) is 10.2 Å². The number of amides is 1. The number of non-ortho nitro benzene ring substituents is 1. The molecule has 0 aliphatic carbocycles. The third-order valence-corrected chi connectivity index (χ3v) is 1.63. The number of carboxylic acid groups (broad SMARTS) is 1. The first-order valence-corrected chi connectivity index (χ1v) is 4.04. The number of nitrogens with one attached hydrogen (secondary N) is 2. The second-order valence-electron chi connectivity index (χ2n) is 2.71. The quantitative estimate of drug-likeness (QED) is 0.506. The van der Waals surface area contributed by atoms with Crippen LogP contribution in [0.3, 0.4) is 0 Å². The number of hydrazine groups is 1. The van der Waals surface area contributed by atoms with E-state index in [4.69, 9.17) is 5.11 Å². The summed E-state index contributed by atoms with van der Waals surface area (Å²) >= 11 is 0. The molecule has 0 unspecified atom stereocenters. The highest BCUT2D eigenvalue weighted by Crippen LogP contribution is 2.11. The fourth-order valence-electron chi connectivity index (χ4n) is 0.957. The van der Waals surface area contributed by atoms with Crippen LogP contribution in [0.2, 0.25) is 0 Å². The SMILES string of the molecule is O=C(O)NNCc1ccc([N+](=O)[O-])cc1. The fourth-order valence-corrected chi connectivity index (χ4v) is 0.957. The van der Waals surface area contributed by atoms with Crippen LogP contribution in [0.5, 0.6) is 0 Å². The number of rotatable bonds is 4. The maximum Gasteiger partial charge on any atom is 0.419 e. The second kappa shape index (κ2) is 4.91. The molecular formula is C8H9N3O4. The highest BCUT2D eigenvalue weighted by molar-refractivity contribution is 5.63. The van der Waals surface area contributed by atoms with Gasteiger partial charge in [-0.3, -0.25) is 15.5 Å². The zero-order valence-corrected chi connectivity index (χ0v) is 7.64. The van der Waals surface area contributed by atoms with E-state index in [2.05, 4.69) is 5.43 Å². The van der Waals surface area contributed by atoms with Crippen LogP contribution in [0.15, 0.2) is 24.3 Å². The Labute approximate surface area is 84.8 Å². The van der Waals surface area contributed by atoms with E-state index in [0.29, 0.717) is 0 Å². The van der Waals surface area contributed by atoms with E-state index in [0.717, 1.165) is 5.56 Å². The number of benzene rings is 1. The topological polar surface area (TPSA) is 104 Å². The van der Waals surface area contributed by atoms with Crippen LogP contribution in [-0.4, -0.2) is 16.1 Å². The first kappa shape index (κ1) is 10.9. The van der Waals surface area contributed by atoms with E-state index in [9.17, 15) is 14.9 Å². The molecule has 0 saturated heterocycles. The normalized spacial score (nSPS) is 9.60. The summed E-state index contributed by atoms with van der Waals surface area (Å²) in [4.78, 5) is 19.9. The van der Waals surface area contributed by atoms with Crippen molar-refractivity contribution in [2.24, 2.45) is 0 Å². The molecule has 0 bridgehead atoms.